The summed E-state index contributed by atoms with van der Waals surface area (Å²) in [5.41, 5.74) is -0.0882. The number of carbonyl (C=O) groups is 3. The van der Waals surface area contributed by atoms with Gasteiger partial charge < -0.3 is 14.6 Å². The maximum absolute atomic E-state index is 12.8. The summed E-state index contributed by atoms with van der Waals surface area (Å²) in [5.74, 6) is -1.99. The van der Waals surface area contributed by atoms with Crippen LogP contribution in [0.15, 0.2) is 18.2 Å². The third-order valence-electron chi connectivity index (χ3n) is 5.69. The smallest absolute Gasteiger partial charge is 0.339 e. The molecule has 174 valence electrons. The Morgan fingerprint density at radius 2 is 1.29 bits per heavy atom. The Labute approximate surface area is 186 Å². The highest BCUT2D eigenvalue weighted by Gasteiger charge is 2.23. The summed E-state index contributed by atoms with van der Waals surface area (Å²) in [6.45, 7) is 8.85. The van der Waals surface area contributed by atoms with E-state index in [1.54, 1.807) is 0 Å². The molecule has 6 nitrogen and oxygen atoms in total. The van der Waals surface area contributed by atoms with Gasteiger partial charge in [0.25, 0.3) is 0 Å². The van der Waals surface area contributed by atoms with Gasteiger partial charge in [-0.2, -0.15) is 0 Å². The van der Waals surface area contributed by atoms with Gasteiger partial charge in [-0.25, -0.2) is 14.4 Å². The van der Waals surface area contributed by atoms with Crippen LogP contribution >= 0.6 is 0 Å². The van der Waals surface area contributed by atoms with Crippen LogP contribution in [-0.2, 0) is 9.47 Å². The number of benzene rings is 1. The molecule has 2 unspecified atom stereocenters. The summed E-state index contributed by atoms with van der Waals surface area (Å²) in [4.78, 5) is 36.8. The number of ether oxygens (including phenoxy) is 2. The molecule has 6 heteroatoms. The molecule has 0 bridgehead atoms. The average molecular weight is 435 g/mol. The van der Waals surface area contributed by atoms with Gasteiger partial charge in [0.1, 0.15) is 0 Å². The topological polar surface area (TPSA) is 89.9 Å². The number of carboxylic acids is 1. The van der Waals surface area contributed by atoms with Gasteiger partial charge in [0.05, 0.1) is 29.9 Å². The number of esters is 2. The summed E-state index contributed by atoms with van der Waals surface area (Å²) in [6, 6.07) is 3.84. The molecule has 0 saturated carbocycles. The van der Waals surface area contributed by atoms with Crippen LogP contribution in [0.2, 0.25) is 0 Å². The van der Waals surface area contributed by atoms with Gasteiger partial charge >= 0.3 is 17.9 Å². The summed E-state index contributed by atoms with van der Waals surface area (Å²) < 4.78 is 10.9. The van der Waals surface area contributed by atoms with Crippen molar-refractivity contribution in [2.75, 3.05) is 13.2 Å². The molecular weight excluding hydrogens is 396 g/mol. The van der Waals surface area contributed by atoms with E-state index < -0.39 is 17.9 Å². The second-order valence-electron chi connectivity index (χ2n) is 8.10. The van der Waals surface area contributed by atoms with Crippen LogP contribution in [0.5, 0.6) is 0 Å². The molecule has 0 aliphatic carbocycles. The second kappa shape index (κ2) is 14.6. The lowest BCUT2D eigenvalue weighted by molar-refractivity contribution is 0.0381. The van der Waals surface area contributed by atoms with Crippen molar-refractivity contribution in [1.82, 2.24) is 0 Å². The number of hydrogen-bond acceptors (Lipinski definition) is 5. The molecule has 1 N–H and O–H groups in total. The van der Waals surface area contributed by atoms with Crippen molar-refractivity contribution in [3.05, 3.63) is 34.9 Å². The van der Waals surface area contributed by atoms with E-state index in [9.17, 15) is 19.5 Å². The van der Waals surface area contributed by atoms with Crippen LogP contribution in [0.1, 0.15) is 110 Å². The minimum atomic E-state index is -1.17. The normalized spacial score (nSPS) is 12.8. The third-order valence-corrected chi connectivity index (χ3v) is 5.69. The van der Waals surface area contributed by atoms with E-state index in [0.29, 0.717) is 0 Å². The zero-order valence-electron chi connectivity index (χ0n) is 19.4. The maximum Gasteiger partial charge on any atom is 0.339 e. The third kappa shape index (κ3) is 9.11. The number of carboxylic acid groups (broad SMARTS) is 1. The molecule has 0 aliphatic rings. The molecule has 0 saturated heterocycles. The van der Waals surface area contributed by atoms with E-state index in [0.717, 1.165) is 51.4 Å². The predicted octanol–water partition coefficient (Wildman–Crippen LogP) is 6.13. The van der Waals surface area contributed by atoms with Crippen LogP contribution in [-0.4, -0.2) is 36.2 Å². The highest BCUT2D eigenvalue weighted by Crippen LogP contribution is 2.19. The lowest BCUT2D eigenvalue weighted by Gasteiger charge is -2.17. The standard InChI is InChI=1S/C25H38O6/c1-5-9-11-18(7-3)16-30-24(28)21-14-13-20(23(26)27)15-22(21)25(29)31-17-19(8-4)12-10-6-2/h13-15,18-19H,5-12,16-17H2,1-4H3,(H,26,27). The van der Waals surface area contributed by atoms with Crippen LogP contribution < -0.4 is 0 Å². The Hall–Kier alpha value is -2.37. The molecule has 2 atom stereocenters. The molecule has 0 aliphatic heterocycles. The highest BCUT2D eigenvalue weighted by atomic mass is 16.5. The molecular formula is C25H38O6. The highest BCUT2D eigenvalue weighted by molar-refractivity contribution is 6.05. The fourth-order valence-electron chi connectivity index (χ4n) is 3.36. The Morgan fingerprint density at radius 3 is 1.71 bits per heavy atom. The minimum Gasteiger partial charge on any atom is -0.478 e. The molecule has 0 fully saturated rings. The van der Waals surface area contributed by atoms with Crippen LogP contribution in [0.25, 0.3) is 0 Å². The number of rotatable bonds is 15. The average Bonchev–Trinajstić information content (AvgIpc) is 2.78. The van der Waals surface area contributed by atoms with Gasteiger partial charge in [-0.15, -0.1) is 0 Å². The zero-order valence-corrected chi connectivity index (χ0v) is 19.4. The van der Waals surface area contributed by atoms with Gasteiger partial charge in [-0.1, -0.05) is 66.2 Å². The molecule has 0 spiro atoms. The Balaban J connectivity index is 2.96. The SMILES string of the molecule is CCCCC(CC)COC(=O)c1ccc(C(=O)O)cc1C(=O)OCC(CC)CCCC. The summed E-state index contributed by atoms with van der Waals surface area (Å²) in [7, 11) is 0. The van der Waals surface area contributed by atoms with Gasteiger partial charge in [0.15, 0.2) is 0 Å². The Kier molecular flexibility index (Phi) is 12.6. The Morgan fingerprint density at radius 1 is 0.806 bits per heavy atom. The van der Waals surface area contributed by atoms with Crippen LogP contribution in [0.4, 0.5) is 0 Å². The van der Waals surface area contributed by atoms with Crippen molar-refractivity contribution in [3.63, 3.8) is 0 Å². The number of carbonyl (C=O) groups excluding carboxylic acids is 2. The first-order valence-electron chi connectivity index (χ1n) is 11.6. The van der Waals surface area contributed by atoms with Crippen molar-refractivity contribution < 1.29 is 29.0 Å². The molecule has 1 aromatic carbocycles. The van der Waals surface area contributed by atoms with Crippen molar-refractivity contribution in [2.45, 2.75) is 79.1 Å². The van der Waals surface area contributed by atoms with E-state index >= 15 is 0 Å². The maximum atomic E-state index is 12.8. The monoisotopic (exact) mass is 434 g/mol. The lowest BCUT2D eigenvalue weighted by atomic mass is 10.00. The second-order valence-corrected chi connectivity index (χ2v) is 8.10. The summed E-state index contributed by atoms with van der Waals surface area (Å²) >= 11 is 0. The fraction of sp³-hybridized carbons (Fsp3) is 0.640. The first-order chi connectivity index (χ1) is 14.9. The fourth-order valence-corrected chi connectivity index (χ4v) is 3.36. The summed E-state index contributed by atoms with van der Waals surface area (Å²) in [6.07, 6.45) is 7.98. The van der Waals surface area contributed by atoms with Crippen molar-refractivity contribution in [3.8, 4) is 0 Å². The largest absolute Gasteiger partial charge is 0.478 e. The first-order valence-corrected chi connectivity index (χ1v) is 11.6. The Bertz CT molecular complexity index is 712. The van der Waals surface area contributed by atoms with Crippen LogP contribution in [0, 0.1) is 11.8 Å². The summed E-state index contributed by atoms with van der Waals surface area (Å²) in [5, 5.41) is 9.30. The quantitative estimate of drug-likeness (QED) is 0.334. The zero-order chi connectivity index (χ0) is 23.2. The van der Waals surface area contributed by atoms with Crippen molar-refractivity contribution in [1.29, 1.82) is 0 Å². The molecule has 31 heavy (non-hydrogen) atoms. The minimum absolute atomic E-state index is 0.0435. The van der Waals surface area contributed by atoms with Gasteiger partial charge in [0.2, 0.25) is 0 Å². The van der Waals surface area contributed by atoms with Gasteiger partial charge in [0, 0.05) is 0 Å². The number of hydrogen-bond donors (Lipinski definition) is 1. The van der Waals surface area contributed by atoms with Crippen molar-refractivity contribution in [2.24, 2.45) is 11.8 Å². The van der Waals surface area contributed by atoms with E-state index in [2.05, 4.69) is 20.8 Å². The van der Waals surface area contributed by atoms with Crippen molar-refractivity contribution >= 4 is 17.9 Å². The molecule has 1 rings (SSSR count). The molecule has 0 aromatic heterocycles. The predicted molar refractivity (Wildman–Crippen MR) is 121 cm³/mol. The molecule has 0 amide bonds. The van der Waals surface area contributed by atoms with E-state index in [1.165, 1.54) is 18.2 Å². The number of aromatic carboxylic acids is 1. The van der Waals surface area contributed by atoms with Crippen LogP contribution in [0.3, 0.4) is 0 Å². The number of unbranched alkanes of at least 4 members (excludes halogenated alkanes) is 2. The van der Waals surface area contributed by atoms with Gasteiger partial charge in [-0.3, -0.25) is 0 Å². The first kappa shape index (κ1) is 26.7. The van der Waals surface area contributed by atoms with E-state index in [1.807, 2.05) is 6.92 Å². The molecule has 0 radical (unpaired) electrons. The van der Waals surface area contributed by atoms with E-state index in [4.69, 9.17) is 9.47 Å². The molecule has 0 heterocycles. The van der Waals surface area contributed by atoms with E-state index in [-0.39, 0.29) is 41.7 Å². The molecule has 1 aromatic rings. The van der Waals surface area contributed by atoms with Gasteiger partial charge in [-0.05, 0) is 42.9 Å². The lowest BCUT2D eigenvalue weighted by Crippen LogP contribution is -2.20.